The number of aryl methyl sites for hydroxylation is 2. The van der Waals surface area contributed by atoms with Crippen molar-refractivity contribution in [3.8, 4) is 0 Å². The van der Waals surface area contributed by atoms with Gasteiger partial charge >= 0.3 is 0 Å². The number of hydrogen-bond acceptors (Lipinski definition) is 3. The molecule has 0 unspecified atom stereocenters. The van der Waals surface area contributed by atoms with Crippen LogP contribution in [0.3, 0.4) is 0 Å². The highest BCUT2D eigenvalue weighted by Crippen LogP contribution is 2.22. The summed E-state index contributed by atoms with van der Waals surface area (Å²) < 4.78 is 25.2. The van der Waals surface area contributed by atoms with E-state index in [0.29, 0.717) is 6.54 Å². The smallest absolute Gasteiger partial charge is 0.151 e. The van der Waals surface area contributed by atoms with Gasteiger partial charge in [-0.05, 0) is 32.6 Å². The van der Waals surface area contributed by atoms with Crippen molar-refractivity contribution in [3.63, 3.8) is 0 Å². The molecule has 0 aromatic carbocycles. The molecule has 0 amide bonds. The largest absolute Gasteiger partial charge is 0.331 e. The van der Waals surface area contributed by atoms with E-state index in [0.717, 1.165) is 18.7 Å². The van der Waals surface area contributed by atoms with Crippen LogP contribution in [0.4, 0.5) is 0 Å². The van der Waals surface area contributed by atoms with E-state index in [-0.39, 0.29) is 11.5 Å². The lowest BCUT2D eigenvalue weighted by atomic mass is 10.0. The minimum Gasteiger partial charge on any atom is -0.331 e. The SMILES string of the molecule is CCS(=O)(=O)CCn1c(C)nc2c1CCCC2. The number of sulfone groups is 1. The van der Waals surface area contributed by atoms with E-state index in [9.17, 15) is 8.42 Å². The molecular formula is C12H20N2O2S. The molecule has 5 heteroatoms. The minimum absolute atomic E-state index is 0.225. The fraction of sp³-hybridized carbons (Fsp3) is 0.750. The van der Waals surface area contributed by atoms with Crippen molar-refractivity contribution < 1.29 is 8.42 Å². The maximum absolute atomic E-state index is 11.5. The third-order valence-electron chi connectivity index (χ3n) is 3.49. The van der Waals surface area contributed by atoms with E-state index in [4.69, 9.17) is 0 Å². The van der Waals surface area contributed by atoms with Crippen LogP contribution < -0.4 is 0 Å². The van der Waals surface area contributed by atoms with Crippen molar-refractivity contribution in [2.75, 3.05) is 11.5 Å². The second kappa shape index (κ2) is 4.80. The molecule has 0 radical (unpaired) electrons. The number of hydrogen-bond donors (Lipinski definition) is 0. The third-order valence-corrected chi connectivity index (χ3v) is 5.17. The fourth-order valence-electron chi connectivity index (χ4n) is 2.41. The van der Waals surface area contributed by atoms with Gasteiger partial charge in [0.15, 0.2) is 9.84 Å². The van der Waals surface area contributed by atoms with Gasteiger partial charge in [-0.1, -0.05) is 6.92 Å². The summed E-state index contributed by atoms with van der Waals surface area (Å²) in [6, 6.07) is 0. The third kappa shape index (κ3) is 2.70. The maximum atomic E-state index is 11.5. The van der Waals surface area contributed by atoms with Crippen LogP contribution in [0.2, 0.25) is 0 Å². The molecule has 0 saturated carbocycles. The summed E-state index contributed by atoms with van der Waals surface area (Å²) in [5, 5.41) is 0. The van der Waals surface area contributed by atoms with Crippen LogP contribution in [0, 0.1) is 6.92 Å². The average molecular weight is 256 g/mol. The summed E-state index contributed by atoms with van der Waals surface area (Å²) in [5.74, 6) is 1.42. The molecule has 0 fully saturated rings. The van der Waals surface area contributed by atoms with Gasteiger partial charge in [0.1, 0.15) is 5.82 Å². The molecule has 17 heavy (non-hydrogen) atoms. The van der Waals surface area contributed by atoms with Gasteiger partial charge < -0.3 is 4.57 Å². The van der Waals surface area contributed by atoms with E-state index >= 15 is 0 Å². The summed E-state index contributed by atoms with van der Waals surface area (Å²) in [6.07, 6.45) is 4.49. The Balaban J connectivity index is 2.19. The predicted molar refractivity (Wildman–Crippen MR) is 67.9 cm³/mol. The van der Waals surface area contributed by atoms with E-state index in [2.05, 4.69) is 9.55 Å². The van der Waals surface area contributed by atoms with Gasteiger partial charge in [-0.25, -0.2) is 13.4 Å². The molecule has 0 bridgehead atoms. The van der Waals surface area contributed by atoms with Gasteiger partial charge in [-0.15, -0.1) is 0 Å². The van der Waals surface area contributed by atoms with Crippen molar-refractivity contribution in [2.45, 2.75) is 46.1 Å². The van der Waals surface area contributed by atoms with Crippen LogP contribution in [-0.2, 0) is 29.2 Å². The first kappa shape index (κ1) is 12.6. The lowest BCUT2D eigenvalue weighted by molar-refractivity contribution is 0.580. The summed E-state index contributed by atoms with van der Waals surface area (Å²) in [4.78, 5) is 4.55. The minimum atomic E-state index is -2.89. The van der Waals surface area contributed by atoms with E-state index < -0.39 is 9.84 Å². The second-order valence-corrected chi connectivity index (χ2v) is 7.12. The fourth-order valence-corrected chi connectivity index (χ4v) is 3.16. The summed E-state index contributed by atoms with van der Waals surface area (Å²) >= 11 is 0. The molecule has 1 heterocycles. The molecule has 4 nitrogen and oxygen atoms in total. The molecular weight excluding hydrogens is 236 g/mol. The summed E-state index contributed by atoms with van der Waals surface area (Å²) in [6.45, 7) is 4.23. The highest BCUT2D eigenvalue weighted by molar-refractivity contribution is 7.91. The quantitative estimate of drug-likeness (QED) is 0.820. The highest BCUT2D eigenvalue weighted by Gasteiger charge is 2.19. The Morgan fingerprint density at radius 2 is 2.00 bits per heavy atom. The van der Waals surface area contributed by atoms with Crippen molar-refractivity contribution in [1.29, 1.82) is 0 Å². The lowest BCUT2D eigenvalue weighted by Crippen LogP contribution is -2.17. The Morgan fingerprint density at radius 1 is 1.29 bits per heavy atom. The van der Waals surface area contributed by atoms with E-state index in [1.54, 1.807) is 6.92 Å². The standard InChI is InChI=1S/C12H20N2O2S/c1-3-17(15,16)9-8-14-10(2)13-11-6-4-5-7-12(11)14/h3-9H2,1-2H3. The number of aromatic nitrogens is 2. The Morgan fingerprint density at radius 3 is 2.71 bits per heavy atom. The van der Waals surface area contributed by atoms with Crippen LogP contribution in [0.1, 0.15) is 37.0 Å². The Kier molecular flexibility index (Phi) is 3.56. The van der Waals surface area contributed by atoms with Crippen molar-refractivity contribution >= 4 is 9.84 Å². The first-order valence-electron chi connectivity index (χ1n) is 6.29. The van der Waals surface area contributed by atoms with Gasteiger partial charge in [-0.3, -0.25) is 0 Å². The molecule has 0 saturated heterocycles. The average Bonchev–Trinajstić information content (AvgIpc) is 2.62. The first-order valence-corrected chi connectivity index (χ1v) is 8.11. The molecule has 96 valence electrons. The van der Waals surface area contributed by atoms with Gasteiger partial charge in [0, 0.05) is 18.0 Å². The Hall–Kier alpha value is -0.840. The van der Waals surface area contributed by atoms with E-state index in [1.165, 1.54) is 24.2 Å². The van der Waals surface area contributed by atoms with Crippen LogP contribution in [0.25, 0.3) is 0 Å². The molecule has 0 N–H and O–H groups in total. The monoisotopic (exact) mass is 256 g/mol. The van der Waals surface area contributed by atoms with Crippen molar-refractivity contribution in [3.05, 3.63) is 17.2 Å². The zero-order valence-electron chi connectivity index (χ0n) is 10.6. The highest BCUT2D eigenvalue weighted by atomic mass is 32.2. The van der Waals surface area contributed by atoms with Gasteiger partial charge in [0.25, 0.3) is 0 Å². The molecule has 0 atom stereocenters. The number of rotatable bonds is 4. The van der Waals surface area contributed by atoms with Gasteiger partial charge in [0.2, 0.25) is 0 Å². The van der Waals surface area contributed by atoms with Crippen molar-refractivity contribution in [1.82, 2.24) is 9.55 Å². The first-order chi connectivity index (χ1) is 8.03. The molecule has 1 aliphatic carbocycles. The topological polar surface area (TPSA) is 52.0 Å². The number of nitrogens with zero attached hydrogens (tertiary/aromatic N) is 2. The van der Waals surface area contributed by atoms with Crippen LogP contribution in [-0.4, -0.2) is 29.5 Å². The summed E-state index contributed by atoms with van der Waals surface area (Å²) in [7, 11) is -2.89. The zero-order chi connectivity index (χ0) is 12.5. The second-order valence-electron chi connectivity index (χ2n) is 4.65. The molecule has 0 aliphatic heterocycles. The molecule has 1 aromatic rings. The molecule has 1 aromatic heterocycles. The molecule has 2 rings (SSSR count). The zero-order valence-corrected chi connectivity index (χ0v) is 11.4. The number of imidazole rings is 1. The van der Waals surface area contributed by atoms with Crippen LogP contribution in [0.15, 0.2) is 0 Å². The summed E-state index contributed by atoms with van der Waals surface area (Å²) in [5.41, 5.74) is 2.45. The predicted octanol–water partition coefficient (Wildman–Crippen LogP) is 1.51. The van der Waals surface area contributed by atoms with Crippen molar-refractivity contribution in [2.24, 2.45) is 0 Å². The molecule has 0 spiro atoms. The number of fused-ring (bicyclic) bond motifs is 1. The Bertz CT molecular complexity index is 503. The van der Waals surface area contributed by atoms with Crippen LogP contribution in [0.5, 0.6) is 0 Å². The molecule has 1 aliphatic rings. The lowest BCUT2D eigenvalue weighted by Gasteiger charge is -2.14. The van der Waals surface area contributed by atoms with Gasteiger partial charge in [-0.2, -0.15) is 0 Å². The Labute approximate surface area is 103 Å². The van der Waals surface area contributed by atoms with Crippen LogP contribution >= 0.6 is 0 Å². The maximum Gasteiger partial charge on any atom is 0.151 e. The van der Waals surface area contributed by atoms with Gasteiger partial charge in [0.05, 0.1) is 11.4 Å². The van der Waals surface area contributed by atoms with E-state index in [1.807, 2.05) is 6.92 Å². The normalized spacial score (nSPS) is 15.9.